The molecule has 0 N–H and O–H groups in total. The Morgan fingerprint density at radius 1 is 1.32 bits per heavy atom. The van der Waals surface area contributed by atoms with Crippen molar-refractivity contribution in [2.45, 2.75) is 12.7 Å². The van der Waals surface area contributed by atoms with Crippen LogP contribution in [-0.2, 0) is 27.6 Å². The molecule has 0 unspecified atom stereocenters. The third-order valence-corrected chi connectivity index (χ3v) is 6.32. The molecule has 2 aromatic rings. The molecular formula is C18H25N3O5S2. The van der Waals surface area contributed by atoms with E-state index < -0.39 is 16.0 Å². The second kappa shape index (κ2) is 10.1. The van der Waals surface area contributed by atoms with Gasteiger partial charge in [-0.25, -0.2) is 17.9 Å². The summed E-state index contributed by atoms with van der Waals surface area (Å²) in [5.41, 5.74) is 1.97. The molecule has 0 aliphatic rings. The Morgan fingerprint density at radius 2 is 2.04 bits per heavy atom. The zero-order valence-electron chi connectivity index (χ0n) is 16.4. The molecule has 0 amide bonds. The monoisotopic (exact) mass is 427 g/mol. The summed E-state index contributed by atoms with van der Waals surface area (Å²) < 4.78 is 37.0. The minimum atomic E-state index is -3.33. The van der Waals surface area contributed by atoms with E-state index in [0.29, 0.717) is 23.8 Å². The van der Waals surface area contributed by atoms with Crippen LogP contribution in [0.15, 0.2) is 30.3 Å². The fraction of sp³-hybridized carbons (Fsp3) is 0.444. The largest absolute Gasteiger partial charge is 0.404 e. The number of methoxy groups -OCH3 is 1. The number of carbonyl (C=O) groups is 1. The van der Waals surface area contributed by atoms with Crippen LogP contribution in [0.4, 0.5) is 0 Å². The molecule has 0 radical (unpaired) electrons. The lowest BCUT2D eigenvalue weighted by atomic mass is 10.1. The van der Waals surface area contributed by atoms with E-state index in [-0.39, 0.29) is 12.4 Å². The number of aromatic nitrogens is 2. The van der Waals surface area contributed by atoms with E-state index in [1.165, 1.54) is 34.1 Å². The average molecular weight is 428 g/mol. The number of rotatable bonds is 10. The molecular weight excluding hydrogens is 402 g/mol. The van der Waals surface area contributed by atoms with Crippen LogP contribution in [-0.4, -0.2) is 60.9 Å². The Labute approximate surface area is 169 Å². The standard InChI is InChI=1S/C18H25N3O5S2/c1-14-11-17(20(2)19-14)26-18(22)16-8-6-5-7-15(16)12-27-13-21(9-10-25-3)28(4,23)24/h5-8,11H,9-10,12-13H2,1-4H3. The first-order valence-electron chi connectivity index (χ1n) is 8.55. The summed E-state index contributed by atoms with van der Waals surface area (Å²) in [6.07, 6.45) is 1.17. The molecule has 28 heavy (non-hydrogen) atoms. The van der Waals surface area contributed by atoms with Crippen molar-refractivity contribution in [1.82, 2.24) is 14.1 Å². The molecule has 1 heterocycles. The van der Waals surface area contributed by atoms with Crippen molar-refractivity contribution < 1.29 is 22.7 Å². The molecule has 2 rings (SSSR count). The van der Waals surface area contributed by atoms with Gasteiger partial charge in [0.05, 0.1) is 30.0 Å². The van der Waals surface area contributed by atoms with Crippen molar-refractivity contribution in [2.24, 2.45) is 7.05 Å². The van der Waals surface area contributed by atoms with Gasteiger partial charge in [0.2, 0.25) is 15.9 Å². The van der Waals surface area contributed by atoms with Gasteiger partial charge in [-0.05, 0) is 18.6 Å². The van der Waals surface area contributed by atoms with Gasteiger partial charge in [0.15, 0.2) is 0 Å². The van der Waals surface area contributed by atoms with E-state index in [0.717, 1.165) is 11.3 Å². The summed E-state index contributed by atoms with van der Waals surface area (Å²) in [6, 6.07) is 8.81. The fourth-order valence-electron chi connectivity index (χ4n) is 2.45. The van der Waals surface area contributed by atoms with Crippen molar-refractivity contribution in [2.75, 3.05) is 32.4 Å². The first kappa shape index (κ1) is 22.4. The van der Waals surface area contributed by atoms with Crippen molar-refractivity contribution in [3.05, 3.63) is 47.2 Å². The van der Waals surface area contributed by atoms with Gasteiger partial charge in [0.1, 0.15) is 0 Å². The Balaban J connectivity index is 2.05. The van der Waals surface area contributed by atoms with E-state index in [1.54, 1.807) is 25.2 Å². The first-order chi connectivity index (χ1) is 13.2. The molecule has 10 heteroatoms. The van der Waals surface area contributed by atoms with Crippen LogP contribution >= 0.6 is 11.8 Å². The van der Waals surface area contributed by atoms with Gasteiger partial charge in [-0.1, -0.05) is 18.2 Å². The maximum Gasteiger partial charge on any atom is 0.345 e. The summed E-state index contributed by atoms with van der Waals surface area (Å²) in [5, 5.41) is 4.16. The van der Waals surface area contributed by atoms with Crippen LogP contribution < -0.4 is 4.74 Å². The number of hydrogen-bond acceptors (Lipinski definition) is 7. The van der Waals surface area contributed by atoms with E-state index in [2.05, 4.69) is 5.10 Å². The fourth-order valence-corrected chi connectivity index (χ4v) is 4.75. The molecule has 0 aliphatic carbocycles. The molecule has 8 nitrogen and oxygen atoms in total. The molecule has 154 valence electrons. The SMILES string of the molecule is COCCN(CSCc1ccccc1C(=O)Oc1cc(C)nn1C)S(C)(=O)=O. The third-order valence-electron chi connectivity index (χ3n) is 3.90. The van der Waals surface area contributed by atoms with Crippen LogP contribution in [0.1, 0.15) is 21.6 Å². The van der Waals surface area contributed by atoms with Crippen LogP contribution in [0.5, 0.6) is 5.88 Å². The normalized spacial score (nSPS) is 11.8. The number of ether oxygens (including phenoxy) is 2. The van der Waals surface area contributed by atoms with Crippen molar-refractivity contribution in [3.8, 4) is 5.88 Å². The maximum atomic E-state index is 12.6. The molecule has 0 atom stereocenters. The summed E-state index contributed by atoms with van der Waals surface area (Å²) in [4.78, 5) is 12.6. The molecule has 0 spiro atoms. The number of carbonyl (C=O) groups excluding carboxylic acids is 1. The third kappa shape index (κ3) is 6.33. The number of aryl methyl sites for hydroxylation is 2. The van der Waals surface area contributed by atoms with E-state index in [4.69, 9.17) is 9.47 Å². The summed E-state index contributed by atoms with van der Waals surface area (Å²) in [6.45, 7) is 2.42. The predicted octanol–water partition coefficient (Wildman–Crippen LogP) is 2.05. The van der Waals surface area contributed by atoms with Crippen LogP contribution in [0, 0.1) is 6.92 Å². The minimum Gasteiger partial charge on any atom is -0.404 e. The average Bonchev–Trinajstić information content (AvgIpc) is 2.94. The lowest BCUT2D eigenvalue weighted by molar-refractivity contribution is 0.0719. The highest BCUT2D eigenvalue weighted by molar-refractivity contribution is 7.99. The second-order valence-electron chi connectivity index (χ2n) is 6.20. The summed E-state index contributed by atoms with van der Waals surface area (Å²) in [5.74, 6) is 0.632. The summed E-state index contributed by atoms with van der Waals surface area (Å²) in [7, 11) is -0.0975. The second-order valence-corrected chi connectivity index (χ2v) is 9.14. The van der Waals surface area contributed by atoms with Crippen LogP contribution in [0.3, 0.4) is 0 Å². The number of thioether (sulfide) groups is 1. The molecule has 0 aliphatic heterocycles. The van der Waals surface area contributed by atoms with E-state index >= 15 is 0 Å². The van der Waals surface area contributed by atoms with Gasteiger partial charge in [0.25, 0.3) is 0 Å². The first-order valence-corrected chi connectivity index (χ1v) is 11.5. The number of esters is 1. The Morgan fingerprint density at radius 3 is 2.64 bits per heavy atom. The zero-order chi connectivity index (χ0) is 20.7. The van der Waals surface area contributed by atoms with Crippen LogP contribution in [0.2, 0.25) is 0 Å². The molecule has 1 aromatic carbocycles. The minimum absolute atomic E-state index is 0.270. The molecule has 0 fully saturated rings. The van der Waals surface area contributed by atoms with Crippen molar-refractivity contribution in [1.29, 1.82) is 0 Å². The number of sulfonamides is 1. The smallest absolute Gasteiger partial charge is 0.345 e. The van der Waals surface area contributed by atoms with E-state index in [1.807, 2.05) is 19.1 Å². The van der Waals surface area contributed by atoms with Crippen molar-refractivity contribution >= 4 is 27.8 Å². The highest BCUT2D eigenvalue weighted by Crippen LogP contribution is 2.21. The highest BCUT2D eigenvalue weighted by atomic mass is 32.2. The number of hydrogen-bond donors (Lipinski definition) is 0. The van der Waals surface area contributed by atoms with Gasteiger partial charge in [0, 0.05) is 32.5 Å². The van der Waals surface area contributed by atoms with Gasteiger partial charge >= 0.3 is 5.97 Å². The van der Waals surface area contributed by atoms with Gasteiger partial charge in [-0.15, -0.1) is 11.8 Å². The van der Waals surface area contributed by atoms with Gasteiger partial charge < -0.3 is 9.47 Å². The molecule has 0 saturated carbocycles. The van der Waals surface area contributed by atoms with Crippen molar-refractivity contribution in [3.63, 3.8) is 0 Å². The highest BCUT2D eigenvalue weighted by Gasteiger charge is 2.18. The molecule has 1 aromatic heterocycles. The Kier molecular flexibility index (Phi) is 8.05. The predicted molar refractivity (Wildman–Crippen MR) is 109 cm³/mol. The number of nitrogens with zero attached hydrogens (tertiary/aromatic N) is 3. The van der Waals surface area contributed by atoms with Gasteiger partial charge in [-0.3, -0.25) is 0 Å². The maximum absolute atomic E-state index is 12.6. The Bertz CT molecular complexity index is 912. The lowest BCUT2D eigenvalue weighted by Crippen LogP contribution is -2.32. The molecule has 0 saturated heterocycles. The quantitative estimate of drug-likeness (QED) is 0.423. The zero-order valence-corrected chi connectivity index (χ0v) is 18.0. The molecule has 0 bridgehead atoms. The summed E-state index contributed by atoms with van der Waals surface area (Å²) >= 11 is 1.40. The van der Waals surface area contributed by atoms with Crippen LogP contribution in [0.25, 0.3) is 0 Å². The topological polar surface area (TPSA) is 90.7 Å². The lowest BCUT2D eigenvalue weighted by Gasteiger charge is -2.19. The number of benzene rings is 1. The van der Waals surface area contributed by atoms with Gasteiger partial charge in [-0.2, -0.15) is 9.40 Å². The van der Waals surface area contributed by atoms with E-state index in [9.17, 15) is 13.2 Å². The Hall–Kier alpha value is -1.88.